The molecule has 204 valence electrons. The Morgan fingerprint density at radius 2 is 1.63 bits per heavy atom. The van der Waals surface area contributed by atoms with Crippen LogP contribution in [-0.2, 0) is 9.22 Å². The lowest BCUT2D eigenvalue weighted by molar-refractivity contribution is -0.107. The second-order valence-corrected chi connectivity index (χ2v) is 16.1. The first-order chi connectivity index (χ1) is 16.8. The largest absolute Gasteiger partial charge is 0.417 e. The molecule has 0 aromatic heterocycles. The molecule has 2 nitrogen and oxygen atoms in total. The van der Waals surface area contributed by atoms with Gasteiger partial charge in [-0.05, 0) is 102 Å². The topological polar surface area (TPSA) is 26.3 Å². The lowest BCUT2D eigenvalue weighted by atomic mass is 9.92. The second kappa shape index (κ2) is 23.5. The Bertz CT molecular complexity index is 536. The summed E-state index contributed by atoms with van der Waals surface area (Å²) in [6.45, 7) is 16.0. The van der Waals surface area contributed by atoms with Crippen LogP contribution in [0.25, 0.3) is 0 Å². The van der Waals surface area contributed by atoms with Gasteiger partial charge in [0.1, 0.15) is 6.29 Å². The van der Waals surface area contributed by atoms with Crippen molar-refractivity contribution in [2.24, 2.45) is 17.8 Å². The van der Waals surface area contributed by atoms with Gasteiger partial charge in [-0.25, -0.2) is 0 Å². The molecule has 1 fully saturated rings. The summed E-state index contributed by atoms with van der Waals surface area (Å²) >= 11 is 0. The highest BCUT2D eigenvalue weighted by molar-refractivity contribution is 6.69. The fourth-order valence-corrected chi connectivity index (χ4v) is 5.29. The number of carbonyl (C=O) groups is 1. The zero-order chi connectivity index (χ0) is 26.2. The lowest BCUT2D eigenvalue weighted by Gasteiger charge is -2.20. The van der Waals surface area contributed by atoms with Crippen LogP contribution >= 0.6 is 0 Å². The first kappa shape index (κ1) is 34.1. The summed E-state index contributed by atoms with van der Waals surface area (Å²) in [4.78, 5) is 9.82. The van der Waals surface area contributed by atoms with Crippen LogP contribution in [0.2, 0.25) is 19.6 Å². The molecule has 0 radical (unpaired) electrons. The number of hydrogen-bond acceptors (Lipinski definition) is 2. The number of aldehydes is 1. The molecule has 1 aliphatic carbocycles. The molecule has 1 aliphatic rings. The Kier molecular flexibility index (Phi) is 22.8. The molecule has 0 heterocycles. The summed E-state index contributed by atoms with van der Waals surface area (Å²) in [5.74, 6) is 2.42. The quantitative estimate of drug-likeness (QED) is 0.0713. The lowest BCUT2D eigenvalue weighted by Crippen LogP contribution is -2.27. The van der Waals surface area contributed by atoms with Crippen LogP contribution in [0.4, 0.5) is 0 Å². The molecule has 0 aromatic carbocycles. The van der Waals surface area contributed by atoms with E-state index in [0.29, 0.717) is 5.92 Å². The van der Waals surface area contributed by atoms with Gasteiger partial charge in [-0.3, -0.25) is 0 Å². The third kappa shape index (κ3) is 23.2. The molecule has 0 N–H and O–H groups in total. The molecule has 0 bridgehead atoms. The summed E-state index contributed by atoms with van der Waals surface area (Å²) in [7, 11) is -1.35. The van der Waals surface area contributed by atoms with Gasteiger partial charge in [0.2, 0.25) is 0 Å². The standard InChI is InChI=1S/C24H46OSi.C8H14O/c1-6-7-8-9-10-13-17-23-19-15-20-24(23)18-14-11-12-16-22(2)21-25-26(3,4)5;1-2-3-4-5-6-7-8-9/h11,13-14,17,22-24H,6-10,12,15-16,18-21H2,1-5H3;2,8H,1,3-7H2/b14-11-,17-13+;/t22?,23-,24-;/m0./s1. The Morgan fingerprint density at radius 1 is 0.914 bits per heavy atom. The Hall–Kier alpha value is -0.933. The molecular weight excluding hydrogens is 444 g/mol. The molecular formula is C32H60O2Si. The average Bonchev–Trinajstić information content (AvgIpc) is 3.27. The Labute approximate surface area is 221 Å². The highest BCUT2D eigenvalue weighted by Gasteiger charge is 2.23. The van der Waals surface area contributed by atoms with Gasteiger partial charge in [-0.2, -0.15) is 0 Å². The van der Waals surface area contributed by atoms with Crippen molar-refractivity contribution in [3.8, 4) is 0 Å². The maximum absolute atomic E-state index is 9.82. The van der Waals surface area contributed by atoms with Crippen LogP contribution < -0.4 is 0 Å². The molecule has 1 rings (SSSR count). The van der Waals surface area contributed by atoms with E-state index in [9.17, 15) is 4.79 Å². The van der Waals surface area contributed by atoms with Crippen molar-refractivity contribution in [2.45, 2.75) is 136 Å². The molecule has 0 spiro atoms. The van der Waals surface area contributed by atoms with Gasteiger partial charge >= 0.3 is 0 Å². The average molecular weight is 505 g/mol. The van der Waals surface area contributed by atoms with Gasteiger partial charge in [0.05, 0.1) is 0 Å². The van der Waals surface area contributed by atoms with Crippen molar-refractivity contribution < 1.29 is 9.22 Å². The first-order valence-corrected chi connectivity index (χ1v) is 18.2. The van der Waals surface area contributed by atoms with E-state index in [0.717, 1.165) is 50.4 Å². The minimum Gasteiger partial charge on any atom is -0.417 e. The zero-order valence-electron chi connectivity index (χ0n) is 24.2. The molecule has 1 saturated carbocycles. The number of unbranched alkanes of at least 4 members (excludes halogenated alkanes) is 8. The number of rotatable bonds is 20. The third-order valence-corrected chi connectivity index (χ3v) is 7.82. The molecule has 0 aromatic rings. The van der Waals surface area contributed by atoms with E-state index in [1.54, 1.807) is 0 Å². The highest BCUT2D eigenvalue weighted by atomic mass is 28.4. The van der Waals surface area contributed by atoms with Crippen LogP contribution in [-0.4, -0.2) is 21.2 Å². The predicted molar refractivity (Wildman–Crippen MR) is 160 cm³/mol. The van der Waals surface area contributed by atoms with E-state index >= 15 is 0 Å². The number of allylic oxidation sites excluding steroid dienone is 5. The summed E-state index contributed by atoms with van der Waals surface area (Å²) in [6, 6.07) is 0. The SMILES string of the molecule is C=CCCCCCC=O.CCCCCC/C=C/[C@H]1CCC[C@@H]1C/C=C\CCC(C)CO[Si](C)(C)C. The normalized spacial score (nSPS) is 19.1. The van der Waals surface area contributed by atoms with Crippen LogP contribution in [0.1, 0.15) is 117 Å². The Morgan fingerprint density at radius 3 is 2.31 bits per heavy atom. The van der Waals surface area contributed by atoms with Crippen molar-refractivity contribution in [2.75, 3.05) is 6.61 Å². The predicted octanol–water partition coefficient (Wildman–Crippen LogP) is 10.5. The first-order valence-electron chi connectivity index (χ1n) is 14.8. The van der Waals surface area contributed by atoms with Crippen LogP contribution in [0, 0.1) is 17.8 Å². The summed E-state index contributed by atoms with van der Waals surface area (Å²) in [6.07, 6.45) is 32.8. The van der Waals surface area contributed by atoms with Crippen molar-refractivity contribution >= 4 is 14.6 Å². The van der Waals surface area contributed by atoms with Gasteiger partial charge in [0, 0.05) is 13.0 Å². The monoisotopic (exact) mass is 504 g/mol. The van der Waals surface area contributed by atoms with Crippen molar-refractivity contribution in [1.82, 2.24) is 0 Å². The van der Waals surface area contributed by atoms with Gasteiger partial charge in [0.25, 0.3) is 0 Å². The van der Waals surface area contributed by atoms with E-state index in [-0.39, 0.29) is 0 Å². The zero-order valence-corrected chi connectivity index (χ0v) is 25.2. The number of carbonyl (C=O) groups excluding carboxylic acids is 1. The molecule has 0 amide bonds. The van der Waals surface area contributed by atoms with E-state index in [1.807, 2.05) is 6.08 Å². The van der Waals surface area contributed by atoms with E-state index in [2.05, 4.69) is 64.4 Å². The molecule has 3 atom stereocenters. The molecule has 1 unspecified atom stereocenters. The van der Waals surface area contributed by atoms with Crippen molar-refractivity contribution in [3.63, 3.8) is 0 Å². The van der Waals surface area contributed by atoms with E-state index in [4.69, 9.17) is 4.43 Å². The van der Waals surface area contributed by atoms with Crippen LogP contribution in [0.15, 0.2) is 37.0 Å². The molecule has 0 aliphatic heterocycles. The van der Waals surface area contributed by atoms with Crippen molar-refractivity contribution in [1.29, 1.82) is 0 Å². The maximum atomic E-state index is 9.82. The highest BCUT2D eigenvalue weighted by Crippen LogP contribution is 2.35. The smallest absolute Gasteiger partial charge is 0.183 e. The summed E-state index contributed by atoms with van der Waals surface area (Å²) in [5, 5.41) is 0. The third-order valence-electron chi connectivity index (χ3n) is 6.79. The molecule has 3 heteroatoms. The molecule has 0 saturated heterocycles. The second-order valence-electron chi connectivity index (χ2n) is 11.5. The van der Waals surface area contributed by atoms with Gasteiger partial charge < -0.3 is 9.22 Å². The van der Waals surface area contributed by atoms with E-state index in [1.165, 1.54) is 77.0 Å². The fourth-order valence-electron chi connectivity index (χ4n) is 4.51. The molecule has 35 heavy (non-hydrogen) atoms. The van der Waals surface area contributed by atoms with Gasteiger partial charge in [-0.15, -0.1) is 6.58 Å². The van der Waals surface area contributed by atoms with Crippen LogP contribution in [0.5, 0.6) is 0 Å². The fraction of sp³-hybridized carbons (Fsp3) is 0.781. The van der Waals surface area contributed by atoms with Crippen LogP contribution in [0.3, 0.4) is 0 Å². The Balaban J connectivity index is 0.00000109. The number of hydrogen-bond donors (Lipinski definition) is 0. The minimum absolute atomic E-state index is 0.682. The summed E-state index contributed by atoms with van der Waals surface area (Å²) < 4.78 is 6.02. The van der Waals surface area contributed by atoms with Gasteiger partial charge in [0.15, 0.2) is 8.32 Å². The van der Waals surface area contributed by atoms with Crippen molar-refractivity contribution in [3.05, 3.63) is 37.0 Å². The van der Waals surface area contributed by atoms with Gasteiger partial charge in [-0.1, -0.05) is 76.3 Å². The van der Waals surface area contributed by atoms with E-state index < -0.39 is 8.32 Å². The summed E-state index contributed by atoms with van der Waals surface area (Å²) in [5.41, 5.74) is 0. The maximum Gasteiger partial charge on any atom is 0.183 e. The minimum atomic E-state index is -1.35.